The maximum absolute atomic E-state index is 4.23. The smallest absolute Gasteiger partial charge is 0.0964 e. The van der Waals surface area contributed by atoms with E-state index in [1.165, 1.54) is 12.8 Å². The van der Waals surface area contributed by atoms with Gasteiger partial charge in [0.05, 0.1) is 12.2 Å². The Labute approximate surface area is 130 Å². The fourth-order valence-corrected chi connectivity index (χ4v) is 2.71. The number of nitrogens with zero attached hydrogens (tertiary/aromatic N) is 4. The zero-order valence-corrected chi connectivity index (χ0v) is 14.5. The van der Waals surface area contributed by atoms with Crippen molar-refractivity contribution in [1.29, 1.82) is 0 Å². The van der Waals surface area contributed by atoms with E-state index in [0.29, 0.717) is 12.0 Å². The first-order valence-corrected chi connectivity index (χ1v) is 8.44. The lowest BCUT2D eigenvalue weighted by Gasteiger charge is -2.31. The van der Waals surface area contributed by atoms with E-state index in [1.807, 2.05) is 4.68 Å². The van der Waals surface area contributed by atoms with Crippen molar-refractivity contribution >= 4 is 0 Å². The molecule has 0 aliphatic carbocycles. The molecule has 0 atom stereocenters. The maximum Gasteiger partial charge on any atom is 0.0964 e. The summed E-state index contributed by atoms with van der Waals surface area (Å²) in [5.41, 5.74) is 1.02. The molecule has 1 rings (SSSR count). The average Bonchev–Trinajstić information content (AvgIpc) is 2.91. The molecule has 122 valence electrons. The summed E-state index contributed by atoms with van der Waals surface area (Å²) in [5.74, 6) is 0.700. The number of hydrogen-bond donors (Lipinski definition) is 1. The zero-order chi connectivity index (χ0) is 15.7. The van der Waals surface area contributed by atoms with Crippen LogP contribution in [0.3, 0.4) is 0 Å². The van der Waals surface area contributed by atoms with E-state index in [9.17, 15) is 0 Å². The fraction of sp³-hybridized carbons (Fsp3) is 0.875. The fourth-order valence-electron chi connectivity index (χ4n) is 2.71. The van der Waals surface area contributed by atoms with Gasteiger partial charge in [-0.05, 0) is 25.3 Å². The van der Waals surface area contributed by atoms with Crippen molar-refractivity contribution in [2.24, 2.45) is 5.92 Å². The molecule has 1 N–H and O–H groups in total. The second-order valence-corrected chi connectivity index (χ2v) is 6.11. The summed E-state index contributed by atoms with van der Waals surface area (Å²) in [7, 11) is 0. The Balaban J connectivity index is 2.53. The van der Waals surface area contributed by atoms with Gasteiger partial charge in [-0.3, -0.25) is 9.58 Å². The van der Waals surface area contributed by atoms with Crippen molar-refractivity contribution in [3.05, 3.63) is 11.9 Å². The molecule has 0 saturated heterocycles. The van der Waals surface area contributed by atoms with Gasteiger partial charge in [0.25, 0.3) is 0 Å². The summed E-state index contributed by atoms with van der Waals surface area (Å²) in [6.07, 6.45) is 4.49. The van der Waals surface area contributed by atoms with Crippen LogP contribution in [0.1, 0.15) is 53.2 Å². The standard InChI is InChI=1S/C16H33N5/c1-6-16(7-2)20(12-14(4)5)9-10-21-13-15(18-19-21)11-17-8-3/h13-14,16-17H,6-12H2,1-5H3. The summed E-state index contributed by atoms with van der Waals surface area (Å²) in [4.78, 5) is 2.61. The lowest BCUT2D eigenvalue weighted by atomic mass is 10.1. The van der Waals surface area contributed by atoms with Crippen LogP contribution in [-0.2, 0) is 13.1 Å². The molecule has 1 aromatic rings. The molecule has 0 bridgehead atoms. The Bertz CT molecular complexity index is 370. The van der Waals surface area contributed by atoms with Crippen molar-refractivity contribution < 1.29 is 0 Å². The molecule has 0 aliphatic rings. The van der Waals surface area contributed by atoms with Crippen LogP contribution in [0.15, 0.2) is 6.20 Å². The van der Waals surface area contributed by atoms with Crippen LogP contribution < -0.4 is 5.32 Å². The zero-order valence-electron chi connectivity index (χ0n) is 14.5. The van der Waals surface area contributed by atoms with Crippen LogP contribution in [-0.4, -0.2) is 45.6 Å². The summed E-state index contributed by atoms with van der Waals surface area (Å²) in [6, 6.07) is 0.678. The van der Waals surface area contributed by atoms with Crippen molar-refractivity contribution in [3.63, 3.8) is 0 Å². The molecule has 0 aromatic carbocycles. The third kappa shape index (κ3) is 6.57. The number of nitrogens with one attached hydrogen (secondary N) is 1. The Kier molecular flexibility index (Phi) is 8.54. The molecule has 0 fully saturated rings. The first-order chi connectivity index (χ1) is 10.1. The topological polar surface area (TPSA) is 46.0 Å². The molecular formula is C16H33N5. The van der Waals surface area contributed by atoms with E-state index in [0.717, 1.165) is 38.4 Å². The molecule has 0 amide bonds. The molecule has 5 heteroatoms. The molecule has 21 heavy (non-hydrogen) atoms. The summed E-state index contributed by atoms with van der Waals surface area (Å²) in [5, 5.41) is 11.7. The van der Waals surface area contributed by atoms with Crippen LogP contribution in [0, 0.1) is 5.92 Å². The van der Waals surface area contributed by atoms with Crippen LogP contribution in [0.2, 0.25) is 0 Å². The van der Waals surface area contributed by atoms with Gasteiger partial charge in [0.15, 0.2) is 0 Å². The van der Waals surface area contributed by atoms with E-state index in [1.54, 1.807) is 0 Å². The lowest BCUT2D eigenvalue weighted by molar-refractivity contribution is 0.157. The van der Waals surface area contributed by atoms with Gasteiger partial charge in [-0.15, -0.1) is 5.10 Å². The Morgan fingerprint density at radius 3 is 2.52 bits per heavy atom. The molecule has 5 nitrogen and oxygen atoms in total. The Hall–Kier alpha value is -0.940. The lowest BCUT2D eigenvalue weighted by Crippen LogP contribution is -2.39. The molecule has 1 heterocycles. The van der Waals surface area contributed by atoms with E-state index in [4.69, 9.17) is 0 Å². The van der Waals surface area contributed by atoms with Crippen molar-refractivity contribution in [2.45, 2.75) is 66.6 Å². The van der Waals surface area contributed by atoms with Crippen LogP contribution >= 0.6 is 0 Å². The Morgan fingerprint density at radius 2 is 1.95 bits per heavy atom. The van der Waals surface area contributed by atoms with Gasteiger partial charge >= 0.3 is 0 Å². The Morgan fingerprint density at radius 1 is 1.24 bits per heavy atom. The van der Waals surface area contributed by atoms with Crippen LogP contribution in [0.5, 0.6) is 0 Å². The second kappa shape index (κ2) is 9.90. The molecular weight excluding hydrogens is 262 g/mol. The van der Waals surface area contributed by atoms with Crippen molar-refractivity contribution in [2.75, 3.05) is 19.6 Å². The highest BCUT2D eigenvalue weighted by molar-refractivity contribution is 4.91. The SMILES string of the molecule is CCNCc1cn(CCN(CC(C)C)C(CC)CC)nn1. The van der Waals surface area contributed by atoms with E-state index >= 15 is 0 Å². The van der Waals surface area contributed by atoms with Crippen molar-refractivity contribution in [3.8, 4) is 0 Å². The highest BCUT2D eigenvalue weighted by Crippen LogP contribution is 2.11. The van der Waals surface area contributed by atoms with Gasteiger partial charge in [0.1, 0.15) is 0 Å². The van der Waals surface area contributed by atoms with Gasteiger partial charge in [-0.25, -0.2) is 0 Å². The molecule has 0 aliphatic heterocycles. The third-order valence-corrected chi connectivity index (χ3v) is 3.82. The predicted octanol–water partition coefficient (Wildman–Crippen LogP) is 2.53. The number of hydrogen-bond acceptors (Lipinski definition) is 4. The monoisotopic (exact) mass is 295 g/mol. The van der Waals surface area contributed by atoms with Gasteiger partial charge in [-0.1, -0.05) is 39.8 Å². The molecule has 0 radical (unpaired) electrons. The summed E-state index contributed by atoms with van der Waals surface area (Å²) < 4.78 is 1.97. The second-order valence-electron chi connectivity index (χ2n) is 6.11. The minimum absolute atomic E-state index is 0.678. The molecule has 1 aromatic heterocycles. The van der Waals surface area contributed by atoms with E-state index in [-0.39, 0.29) is 0 Å². The number of aromatic nitrogens is 3. The first kappa shape index (κ1) is 18.1. The molecule has 0 spiro atoms. The van der Waals surface area contributed by atoms with E-state index < -0.39 is 0 Å². The van der Waals surface area contributed by atoms with Crippen LogP contribution in [0.4, 0.5) is 0 Å². The summed E-state index contributed by atoms with van der Waals surface area (Å²) in [6.45, 7) is 16.1. The van der Waals surface area contributed by atoms with Crippen molar-refractivity contribution in [1.82, 2.24) is 25.2 Å². The van der Waals surface area contributed by atoms with Gasteiger partial charge in [0.2, 0.25) is 0 Å². The quantitative estimate of drug-likeness (QED) is 0.681. The first-order valence-electron chi connectivity index (χ1n) is 8.44. The number of rotatable bonds is 11. The maximum atomic E-state index is 4.23. The normalized spacial score (nSPS) is 12.0. The minimum Gasteiger partial charge on any atom is -0.311 e. The highest BCUT2D eigenvalue weighted by Gasteiger charge is 2.16. The van der Waals surface area contributed by atoms with Gasteiger partial charge in [0, 0.05) is 31.9 Å². The van der Waals surface area contributed by atoms with E-state index in [2.05, 4.69) is 61.3 Å². The van der Waals surface area contributed by atoms with Gasteiger partial charge in [-0.2, -0.15) is 0 Å². The third-order valence-electron chi connectivity index (χ3n) is 3.82. The molecule has 0 saturated carbocycles. The van der Waals surface area contributed by atoms with Crippen LogP contribution in [0.25, 0.3) is 0 Å². The minimum atomic E-state index is 0.678. The molecule has 0 unspecified atom stereocenters. The van der Waals surface area contributed by atoms with Gasteiger partial charge < -0.3 is 5.32 Å². The predicted molar refractivity (Wildman–Crippen MR) is 88.2 cm³/mol. The summed E-state index contributed by atoms with van der Waals surface area (Å²) >= 11 is 0. The average molecular weight is 295 g/mol. The largest absolute Gasteiger partial charge is 0.311 e. The highest BCUT2D eigenvalue weighted by atomic mass is 15.4.